The molecular weight excluding hydrogens is 158 g/mol. The van der Waals surface area contributed by atoms with Gasteiger partial charge in [-0.25, -0.2) is 0 Å². The first-order valence-electron chi connectivity index (χ1n) is 3.69. The van der Waals surface area contributed by atoms with Crippen LogP contribution in [0.3, 0.4) is 0 Å². The molecule has 1 nitrogen and oxygen atoms in total. The summed E-state index contributed by atoms with van der Waals surface area (Å²) in [6.45, 7) is 2.78. The molecule has 0 heterocycles. The lowest BCUT2D eigenvalue weighted by Gasteiger charge is -2.07. The van der Waals surface area contributed by atoms with Crippen LogP contribution >= 0.6 is 11.6 Å². The highest BCUT2D eigenvalue weighted by Crippen LogP contribution is 2.16. The lowest BCUT2D eigenvalue weighted by molar-refractivity contribution is 0.774. The third-order valence-corrected chi connectivity index (χ3v) is 2.04. The molecule has 0 fully saturated rings. The molecule has 0 saturated carbocycles. The molecule has 1 aromatic carbocycles. The molecule has 1 rings (SSSR count). The zero-order valence-corrected chi connectivity index (χ0v) is 7.31. The Morgan fingerprint density at radius 2 is 1.91 bits per heavy atom. The van der Waals surface area contributed by atoms with Gasteiger partial charge in [-0.05, 0) is 30.2 Å². The molecule has 0 aliphatic heterocycles. The first kappa shape index (κ1) is 8.57. The van der Waals surface area contributed by atoms with Crippen molar-refractivity contribution < 1.29 is 0 Å². The van der Waals surface area contributed by atoms with Crippen molar-refractivity contribution in [2.24, 2.45) is 5.73 Å². The number of nitrogens with two attached hydrogens (primary N) is 1. The van der Waals surface area contributed by atoms with Gasteiger partial charge in [0.25, 0.3) is 0 Å². The van der Waals surface area contributed by atoms with Gasteiger partial charge in [-0.1, -0.05) is 30.7 Å². The molecule has 0 spiro atoms. The summed E-state index contributed by atoms with van der Waals surface area (Å²) in [5.74, 6) is 0.423. The van der Waals surface area contributed by atoms with Gasteiger partial charge in [0.2, 0.25) is 0 Å². The zero-order chi connectivity index (χ0) is 8.27. The second kappa shape index (κ2) is 3.74. The lowest BCUT2D eigenvalue weighted by Crippen LogP contribution is -2.08. The van der Waals surface area contributed by atoms with Crippen molar-refractivity contribution in [1.82, 2.24) is 0 Å². The summed E-state index contributed by atoms with van der Waals surface area (Å²) in [5.41, 5.74) is 6.76. The predicted molar refractivity (Wildman–Crippen MR) is 48.9 cm³/mol. The second-order valence-corrected chi connectivity index (χ2v) is 3.12. The highest BCUT2D eigenvalue weighted by atomic mass is 35.5. The highest BCUT2D eigenvalue weighted by molar-refractivity contribution is 6.30. The minimum Gasteiger partial charge on any atom is -0.330 e. The van der Waals surface area contributed by atoms with Crippen LogP contribution < -0.4 is 5.73 Å². The van der Waals surface area contributed by atoms with Gasteiger partial charge in [-0.15, -0.1) is 0 Å². The van der Waals surface area contributed by atoms with Crippen LogP contribution in [-0.4, -0.2) is 6.54 Å². The quantitative estimate of drug-likeness (QED) is 0.723. The molecule has 0 radical (unpaired) electrons. The minimum atomic E-state index is 0.423. The number of halogens is 1. The van der Waals surface area contributed by atoms with Gasteiger partial charge in [0.1, 0.15) is 0 Å². The van der Waals surface area contributed by atoms with Gasteiger partial charge >= 0.3 is 0 Å². The number of rotatable bonds is 2. The van der Waals surface area contributed by atoms with E-state index in [2.05, 4.69) is 6.92 Å². The molecule has 0 amide bonds. The molecule has 2 heteroatoms. The van der Waals surface area contributed by atoms with Gasteiger partial charge in [-0.3, -0.25) is 0 Å². The summed E-state index contributed by atoms with van der Waals surface area (Å²) in [5, 5.41) is 0.776. The van der Waals surface area contributed by atoms with Gasteiger partial charge in [0.15, 0.2) is 0 Å². The average Bonchev–Trinajstić information content (AvgIpc) is 2.05. The summed E-state index contributed by atoms with van der Waals surface area (Å²) in [7, 11) is 0. The van der Waals surface area contributed by atoms with E-state index in [4.69, 9.17) is 17.3 Å². The Morgan fingerprint density at radius 1 is 1.36 bits per heavy atom. The first-order valence-corrected chi connectivity index (χ1v) is 4.07. The van der Waals surface area contributed by atoms with Crippen molar-refractivity contribution in [2.75, 3.05) is 6.54 Å². The van der Waals surface area contributed by atoms with Crippen LogP contribution in [0.2, 0.25) is 5.02 Å². The molecule has 2 N–H and O–H groups in total. The fourth-order valence-electron chi connectivity index (χ4n) is 0.927. The SMILES string of the molecule is CC(CN)c1ccc(Cl)cc1. The van der Waals surface area contributed by atoms with Crippen LogP contribution in [-0.2, 0) is 0 Å². The number of benzene rings is 1. The number of hydrogen-bond acceptors (Lipinski definition) is 1. The Balaban J connectivity index is 2.81. The van der Waals surface area contributed by atoms with Crippen LogP contribution in [0.1, 0.15) is 18.4 Å². The van der Waals surface area contributed by atoms with E-state index in [1.54, 1.807) is 0 Å². The Bertz CT molecular complexity index is 218. The Hall–Kier alpha value is -0.530. The third-order valence-electron chi connectivity index (χ3n) is 1.79. The van der Waals surface area contributed by atoms with Crippen molar-refractivity contribution in [3.05, 3.63) is 34.9 Å². The molecule has 0 saturated heterocycles. The number of hydrogen-bond donors (Lipinski definition) is 1. The monoisotopic (exact) mass is 169 g/mol. The van der Waals surface area contributed by atoms with Crippen LogP contribution in [0.4, 0.5) is 0 Å². The van der Waals surface area contributed by atoms with Gasteiger partial charge in [0.05, 0.1) is 0 Å². The fraction of sp³-hybridized carbons (Fsp3) is 0.333. The van der Waals surface area contributed by atoms with Crippen LogP contribution in [0.25, 0.3) is 0 Å². The normalized spacial score (nSPS) is 13.0. The maximum atomic E-state index is 5.73. The van der Waals surface area contributed by atoms with E-state index in [-0.39, 0.29) is 0 Å². The molecule has 1 aromatic rings. The molecule has 11 heavy (non-hydrogen) atoms. The molecule has 0 aliphatic rings. The van der Waals surface area contributed by atoms with Crippen LogP contribution in [0, 0.1) is 0 Å². The maximum Gasteiger partial charge on any atom is 0.0406 e. The fourth-order valence-corrected chi connectivity index (χ4v) is 1.05. The molecule has 60 valence electrons. The topological polar surface area (TPSA) is 26.0 Å². The van der Waals surface area contributed by atoms with Crippen molar-refractivity contribution >= 4 is 11.6 Å². The molecule has 1 unspecified atom stereocenters. The van der Waals surface area contributed by atoms with Crippen LogP contribution in [0.5, 0.6) is 0 Å². The van der Waals surface area contributed by atoms with Crippen LogP contribution in [0.15, 0.2) is 24.3 Å². The maximum absolute atomic E-state index is 5.73. The first-order chi connectivity index (χ1) is 5.24. The molecule has 1 atom stereocenters. The largest absolute Gasteiger partial charge is 0.330 e. The smallest absolute Gasteiger partial charge is 0.0406 e. The summed E-state index contributed by atoms with van der Waals surface area (Å²) < 4.78 is 0. The van der Waals surface area contributed by atoms with E-state index in [0.29, 0.717) is 12.5 Å². The standard InChI is InChI=1S/C9H12ClN/c1-7(6-11)8-2-4-9(10)5-3-8/h2-5,7H,6,11H2,1H3. The van der Waals surface area contributed by atoms with E-state index < -0.39 is 0 Å². The van der Waals surface area contributed by atoms with Gasteiger partial charge < -0.3 is 5.73 Å². The lowest BCUT2D eigenvalue weighted by atomic mass is 10.0. The average molecular weight is 170 g/mol. The zero-order valence-electron chi connectivity index (χ0n) is 6.55. The second-order valence-electron chi connectivity index (χ2n) is 2.69. The van der Waals surface area contributed by atoms with Gasteiger partial charge in [0, 0.05) is 5.02 Å². The van der Waals surface area contributed by atoms with E-state index >= 15 is 0 Å². The Kier molecular flexibility index (Phi) is 2.92. The van der Waals surface area contributed by atoms with E-state index in [0.717, 1.165) is 5.02 Å². The third kappa shape index (κ3) is 2.21. The summed E-state index contributed by atoms with van der Waals surface area (Å²) >= 11 is 5.73. The highest BCUT2D eigenvalue weighted by Gasteiger charge is 2.00. The molecular formula is C9H12ClN. The summed E-state index contributed by atoms with van der Waals surface area (Å²) in [6.07, 6.45) is 0. The Morgan fingerprint density at radius 3 is 2.36 bits per heavy atom. The molecule has 0 bridgehead atoms. The Labute approximate surface area is 72.2 Å². The van der Waals surface area contributed by atoms with E-state index in [9.17, 15) is 0 Å². The van der Waals surface area contributed by atoms with E-state index in [1.165, 1.54) is 5.56 Å². The summed E-state index contributed by atoms with van der Waals surface area (Å²) in [4.78, 5) is 0. The van der Waals surface area contributed by atoms with E-state index in [1.807, 2.05) is 24.3 Å². The minimum absolute atomic E-state index is 0.423. The molecule has 0 aromatic heterocycles. The van der Waals surface area contributed by atoms with Crippen molar-refractivity contribution in [2.45, 2.75) is 12.8 Å². The van der Waals surface area contributed by atoms with Crippen molar-refractivity contribution in [1.29, 1.82) is 0 Å². The predicted octanol–water partition coefficient (Wildman–Crippen LogP) is 2.40. The van der Waals surface area contributed by atoms with Crippen molar-refractivity contribution in [3.8, 4) is 0 Å². The summed E-state index contributed by atoms with van der Waals surface area (Å²) in [6, 6.07) is 7.81. The van der Waals surface area contributed by atoms with Gasteiger partial charge in [-0.2, -0.15) is 0 Å². The molecule has 0 aliphatic carbocycles. The van der Waals surface area contributed by atoms with Crippen molar-refractivity contribution in [3.63, 3.8) is 0 Å².